The van der Waals surface area contributed by atoms with Crippen LogP contribution < -0.4 is 9.47 Å². The van der Waals surface area contributed by atoms with E-state index in [1.807, 2.05) is 0 Å². The lowest BCUT2D eigenvalue weighted by molar-refractivity contribution is -0.385. The third-order valence-corrected chi connectivity index (χ3v) is 2.80. The predicted molar refractivity (Wildman–Crippen MR) is 75.8 cm³/mol. The van der Waals surface area contributed by atoms with E-state index in [2.05, 4.69) is 0 Å². The Morgan fingerprint density at radius 3 is 2.67 bits per heavy atom. The van der Waals surface area contributed by atoms with Crippen LogP contribution in [0.25, 0.3) is 0 Å². The van der Waals surface area contributed by atoms with Gasteiger partial charge in [-0.05, 0) is 23.8 Å². The first kappa shape index (κ1) is 14.5. The van der Waals surface area contributed by atoms with E-state index in [9.17, 15) is 14.9 Å². The second-order valence-corrected chi connectivity index (χ2v) is 4.28. The van der Waals surface area contributed by atoms with Gasteiger partial charge in [-0.2, -0.15) is 0 Å². The SMILES string of the molecule is COc1cc(COc2cccc(C=O)c2)cc([N+](=O)[O-])c1. The molecular weight excluding hydrogens is 274 g/mol. The number of ether oxygens (including phenoxy) is 2. The number of hydrogen-bond donors (Lipinski definition) is 0. The van der Waals surface area contributed by atoms with Crippen molar-refractivity contribution in [2.24, 2.45) is 0 Å². The molecule has 0 aromatic heterocycles. The zero-order valence-corrected chi connectivity index (χ0v) is 11.3. The molecule has 0 aliphatic heterocycles. The molecule has 0 fully saturated rings. The molecule has 0 bridgehead atoms. The zero-order chi connectivity index (χ0) is 15.2. The Morgan fingerprint density at radius 2 is 2.00 bits per heavy atom. The first-order valence-electron chi connectivity index (χ1n) is 6.13. The highest BCUT2D eigenvalue weighted by Gasteiger charge is 2.10. The Hall–Kier alpha value is -2.89. The van der Waals surface area contributed by atoms with Crippen molar-refractivity contribution in [2.45, 2.75) is 6.61 Å². The van der Waals surface area contributed by atoms with Crippen molar-refractivity contribution in [2.75, 3.05) is 7.11 Å². The van der Waals surface area contributed by atoms with Gasteiger partial charge in [0.2, 0.25) is 0 Å². The molecule has 2 rings (SSSR count). The minimum Gasteiger partial charge on any atom is -0.496 e. The second kappa shape index (κ2) is 6.51. The summed E-state index contributed by atoms with van der Waals surface area (Å²) in [6.45, 7) is 0.139. The monoisotopic (exact) mass is 287 g/mol. The molecule has 21 heavy (non-hydrogen) atoms. The first-order chi connectivity index (χ1) is 10.1. The second-order valence-electron chi connectivity index (χ2n) is 4.28. The topological polar surface area (TPSA) is 78.7 Å². The fraction of sp³-hybridized carbons (Fsp3) is 0.133. The number of rotatable bonds is 6. The van der Waals surface area contributed by atoms with Crippen LogP contribution in [-0.4, -0.2) is 18.3 Å². The fourth-order valence-electron chi connectivity index (χ4n) is 1.79. The molecule has 0 N–H and O–H groups in total. The highest BCUT2D eigenvalue weighted by molar-refractivity contribution is 5.75. The van der Waals surface area contributed by atoms with Crippen LogP contribution in [0.2, 0.25) is 0 Å². The summed E-state index contributed by atoms with van der Waals surface area (Å²) in [6.07, 6.45) is 0.725. The van der Waals surface area contributed by atoms with Gasteiger partial charge in [-0.3, -0.25) is 14.9 Å². The molecule has 0 aliphatic rings. The van der Waals surface area contributed by atoms with Crippen molar-refractivity contribution in [3.05, 3.63) is 63.7 Å². The molecule has 0 saturated carbocycles. The Kier molecular flexibility index (Phi) is 4.50. The summed E-state index contributed by atoms with van der Waals surface area (Å²) in [5.74, 6) is 0.912. The summed E-state index contributed by atoms with van der Waals surface area (Å²) >= 11 is 0. The largest absolute Gasteiger partial charge is 0.496 e. The van der Waals surface area contributed by atoms with E-state index in [4.69, 9.17) is 9.47 Å². The van der Waals surface area contributed by atoms with E-state index in [1.54, 1.807) is 30.3 Å². The normalized spacial score (nSPS) is 9.95. The van der Waals surface area contributed by atoms with Gasteiger partial charge in [0.15, 0.2) is 0 Å². The van der Waals surface area contributed by atoms with Gasteiger partial charge < -0.3 is 9.47 Å². The molecule has 0 aliphatic carbocycles. The number of aldehydes is 1. The van der Waals surface area contributed by atoms with Gasteiger partial charge in [0, 0.05) is 11.6 Å². The summed E-state index contributed by atoms with van der Waals surface area (Å²) in [7, 11) is 1.44. The molecular formula is C15H13NO5. The van der Waals surface area contributed by atoms with Gasteiger partial charge in [0.05, 0.1) is 18.1 Å². The van der Waals surface area contributed by atoms with E-state index in [0.29, 0.717) is 22.6 Å². The van der Waals surface area contributed by atoms with Gasteiger partial charge >= 0.3 is 0 Å². The number of hydrogen-bond acceptors (Lipinski definition) is 5. The minimum absolute atomic E-state index is 0.0606. The van der Waals surface area contributed by atoms with Gasteiger partial charge in [0.25, 0.3) is 5.69 Å². The minimum atomic E-state index is -0.487. The number of non-ortho nitro benzene ring substituents is 1. The van der Waals surface area contributed by atoms with Crippen LogP contribution in [0.5, 0.6) is 11.5 Å². The van der Waals surface area contributed by atoms with Gasteiger partial charge in [-0.1, -0.05) is 12.1 Å². The van der Waals surface area contributed by atoms with Crippen molar-refractivity contribution >= 4 is 12.0 Å². The van der Waals surface area contributed by atoms with Crippen molar-refractivity contribution in [3.8, 4) is 11.5 Å². The molecule has 108 valence electrons. The molecule has 2 aromatic carbocycles. The van der Waals surface area contributed by atoms with Crippen LogP contribution in [0.1, 0.15) is 15.9 Å². The highest BCUT2D eigenvalue weighted by atomic mass is 16.6. The van der Waals surface area contributed by atoms with Crippen molar-refractivity contribution in [3.63, 3.8) is 0 Å². The Morgan fingerprint density at radius 1 is 1.19 bits per heavy atom. The number of benzene rings is 2. The van der Waals surface area contributed by atoms with E-state index in [0.717, 1.165) is 6.29 Å². The zero-order valence-electron chi connectivity index (χ0n) is 11.3. The van der Waals surface area contributed by atoms with E-state index in [-0.39, 0.29) is 12.3 Å². The average Bonchev–Trinajstić information content (AvgIpc) is 2.52. The third-order valence-electron chi connectivity index (χ3n) is 2.80. The van der Waals surface area contributed by atoms with Crippen LogP contribution in [0.15, 0.2) is 42.5 Å². The lowest BCUT2D eigenvalue weighted by atomic mass is 10.2. The summed E-state index contributed by atoms with van der Waals surface area (Å²) < 4.78 is 10.6. The fourth-order valence-corrected chi connectivity index (χ4v) is 1.79. The average molecular weight is 287 g/mol. The summed E-state index contributed by atoms with van der Waals surface area (Å²) in [6, 6.07) is 11.1. The first-order valence-corrected chi connectivity index (χ1v) is 6.13. The van der Waals surface area contributed by atoms with Gasteiger partial charge in [-0.25, -0.2) is 0 Å². The molecule has 0 heterocycles. The summed E-state index contributed by atoms with van der Waals surface area (Å²) in [5.41, 5.74) is 1.05. The maximum Gasteiger partial charge on any atom is 0.273 e. The van der Waals surface area contributed by atoms with Crippen LogP contribution in [0.3, 0.4) is 0 Å². The standard InChI is InChI=1S/C15H13NO5/c1-20-15-7-12(5-13(8-15)16(18)19)10-21-14-4-2-3-11(6-14)9-17/h2-9H,10H2,1H3. The molecule has 6 heteroatoms. The quantitative estimate of drug-likeness (QED) is 0.463. The number of nitro benzene ring substituents is 1. The number of carbonyl (C=O) groups excluding carboxylic acids is 1. The predicted octanol–water partition coefficient (Wildman–Crippen LogP) is 2.99. The third kappa shape index (κ3) is 3.79. The van der Waals surface area contributed by atoms with Crippen LogP contribution >= 0.6 is 0 Å². The maximum absolute atomic E-state index is 10.8. The van der Waals surface area contributed by atoms with Crippen molar-refractivity contribution < 1.29 is 19.2 Å². The van der Waals surface area contributed by atoms with Crippen LogP contribution in [0, 0.1) is 10.1 Å². The summed E-state index contributed by atoms with van der Waals surface area (Å²) in [5, 5.41) is 10.8. The van der Waals surface area contributed by atoms with E-state index >= 15 is 0 Å². The number of carbonyl (C=O) groups is 1. The molecule has 0 spiro atoms. The Bertz CT molecular complexity index is 669. The molecule has 0 unspecified atom stereocenters. The molecule has 2 aromatic rings. The summed E-state index contributed by atoms with van der Waals surface area (Å²) in [4.78, 5) is 21.1. The molecule has 0 atom stereocenters. The number of methoxy groups -OCH3 is 1. The lowest BCUT2D eigenvalue weighted by Crippen LogP contribution is -1.99. The molecule has 0 radical (unpaired) electrons. The van der Waals surface area contributed by atoms with Gasteiger partial charge in [-0.15, -0.1) is 0 Å². The van der Waals surface area contributed by atoms with E-state index in [1.165, 1.54) is 19.2 Å². The number of nitro groups is 1. The van der Waals surface area contributed by atoms with Crippen molar-refractivity contribution in [1.82, 2.24) is 0 Å². The van der Waals surface area contributed by atoms with Crippen molar-refractivity contribution in [1.29, 1.82) is 0 Å². The maximum atomic E-state index is 10.8. The smallest absolute Gasteiger partial charge is 0.273 e. The Balaban J connectivity index is 2.17. The molecule has 0 saturated heterocycles. The van der Waals surface area contributed by atoms with E-state index < -0.39 is 4.92 Å². The molecule has 6 nitrogen and oxygen atoms in total. The number of nitrogens with zero attached hydrogens (tertiary/aromatic N) is 1. The highest BCUT2D eigenvalue weighted by Crippen LogP contribution is 2.23. The van der Waals surface area contributed by atoms with Crippen LogP contribution in [0.4, 0.5) is 5.69 Å². The molecule has 0 amide bonds. The lowest BCUT2D eigenvalue weighted by Gasteiger charge is -2.08. The van der Waals surface area contributed by atoms with Gasteiger partial charge in [0.1, 0.15) is 24.4 Å². The van der Waals surface area contributed by atoms with Crippen LogP contribution in [-0.2, 0) is 6.61 Å². The Labute approximate surface area is 121 Å².